The maximum absolute atomic E-state index is 13.0. The van der Waals surface area contributed by atoms with Gasteiger partial charge >= 0.3 is 0 Å². The highest BCUT2D eigenvalue weighted by Gasteiger charge is 2.35. The Bertz CT molecular complexity index is 1040. The van der Waals surface area contributed by atoms with Crippen molar-refractivity contribution in [3.05, 3.63) is 60.2 Å². The number of hydrogen-bond donors (Lipinski definition) is 0. The molecular weight excluding hydrogens is 402 g/mol. The quantitative estimate of drug-likeness (QED) is 0.733. The van der Waals surface area contributed by atoms with E-state index >= 15 is 0 Å². The van der Waals surface area contributed by atoms with Gasteiger partial charge in [-0.2, -0.15) is 0 Å². The Hall–Kier alpha value is -2.87. The third-order valence-electron chi connectivity index (χ3n) is 5.66. The first-order valence-electron chi connectivity index (χ1n) is 10.1. The number of para-hydroxylation sites is 1. The van der Waals surface area contributed by atoms with Crippen molar-refractivity contribution in [3.8, 4) is 0 Å². The van der Waals surface area contributed by atoms with Gasteiger partial charge in [0.2, 0.25) is 5.91 Å². The first kappa shape index (κ1) is 20.4. The minimum atomic E-state index is -3.79. The van der Waals surface area contributed by atoms with Crippen LogP contribution in [0.4, 0.5) is 5.69 Å². The van der Waals surface area contributed by atoms with Gasteiger partial charge in [-0.25, -0.2) is 8.42 Å². The van der Waals surface area contributed by atoms with Crippen molar-refractivity contribution in [1.29, 1.82) is 0 Å². The van der Waals surface area contributed by atoms with Crippen LogP contribution in [0, 0.1) is 5.92 Å². The zero-order valence-electron chi connectivity index (χ0n) is 16.9. The largest absolute Gasteiger partial charge is 0.339 e. The Morgan fingerprint density at radius 2 is 1.53 bits per heavy atom. The molecule has 0 aromatic heterocycles. The number of carbonyl (C=O) groups is 2. The predicted octanol–water partition coefficient (Wildman–Crippen LogP) is 2.21. The topological polar surface area (TPSA) is 78.0 Å². The average Bonchev–Trinajstić information content (AvgIpc) is 3.64. The first-order chi connectivity index (χ1) is 14.4. The molecule has 2 aromatic carbocycles. The molecule has 8 heteroatoms. The lowest BCUT2D eigenvalue weighted by atomic mass is 10.1. The Kier molecular flexibility index (Phi) is 5.51. The van der Waals surface area contributed by atoms with Gasteiger partial charge in [-0.15, -0.1) is 0 Å². The van der Waals surface area contributed by atoms with Crippen LogP contribution in [0.3, 0.4) is 0 Å². The lowest BCUT2D eigenvalue weighted by molar-refractivity contribution is -0.134. The summed E-state index contributed by atoms with van der Waals surface area (Å²) in [5.41, 5.74) is 0.880. The fourth-order valence-corrected chi connectivity index (χ4v) is 4.87. The van der Waals surface area contributed by atoms with E-state index in [-0.39, 0.29) is 22.6 Å². The molecule has 7 nitrogen and oxygen atoms in total. The number of sulfonamides is 1. The van der Waals surface area contributed by atoms with Crippen molar-refractivity contribution in [2.45, 2.75) is 17.7 Å². The van der Waals surface area contributed by atoms with Crippen molar-refractivity contribution in [2.75, 3.05) is 37.5 Å². The van der Waals surface area contributed by atoms with Gasteiger partial charge in [0.1, 0.15) is 0 Å². The molecule has 2 aliphatic rings. The highest BCUT2D eigenvalue weighted by Crippen LogP contribution is 2.31. The molecule has 1 aliphatic carbocycles. The molecule has 1 heterocycles. The van der Waals surface area contributed by atoms with Gasteiger partial charge in [0.15, 0.2) is 0 Å². The Morgan fingerprint density at radius 1 is 0.900 bits per heavy atom. The highest BCUT2D eigenvalue weighted by atomic mass is 32.2. The fourth-order valence-electron chi connectivity index (χ4n) is 3.63. The normalized spacial score (nSPS) is 17.0. The summed E-state index contributed by atoms with van der Waals surface area (Å²) < 4.78 is 27.3. The van der Waals surface area contributed by atoms with Crippen LogP contribution in [0.25, 0.3) is 0 Å². The number of carbonyl (C=O) groups excluding carboxylic acids is 2. The average molecular weight is 428 g/mol. The molecular formula is C22H25N3O4S. The number of piperazine rings is 1. The summed E-state index contributed by atoms with van der Waals surface area (Å²) >= 11 is 0. The van der Waals surface area contributed by atoms with Crippen molar-refractivity contribution >= 4 is 27.5 Å². The second-order valence-electron chi connectivity index (χ2n) is 7.73. The summed E-state index contributed by atoms with van der Waals surface area (Å²) in [7, 11) is -2.30. The molecule has 0 atom stereocenters. The molecule has 2 amide bonds. The molecule has 0 radical (unpaired) electrons. The van der Waals surface area contributed by atoms with Gasteiger partial charge in [-0.3, -0.25) is 13.9 Å². The second-order valence-corrected chi connectivity index (χ2v) is 9.70. The van der Waals surface area contributed by atoms with Crippen LogP contribution in [-0.2, 0) is 14.8 Å². The van der Waals surface area contributed by atoms with Crippen LogP contribution < -0.4 is 4.31 Å². The van der Waals surface area contributed by atoms with Crippen LogP contribution in [-0.4, -0.2) is 63.3 Å². The minimum absolute atomic E-state index is 0.0715. The van der Waals surface area contributed by atoms with Crippen LogP contribution in [0.5, 0.6) is 0 Å². The fraction of sp³-hybridized carbons (Fsp3) is 0.364. The lowest BCUT2D eigenvalue weighted by Gasteiger charge is -2.35. The van der Waals surface area contributed by atoms with Crippen LogP contribution in [0.1, 0.15) is 23.2 Å². The van der Waals surface area contributed by atoms with E-state index < -0.39 is 10.0 Å². The molecule has 2 aromatic rings. The molecule has 0 bridgehead atoms. The van der Waals surface area contributed by atoms with E-state index in [0.29, 0.717) is 37.4 Å². The molecule has 1 saturated carbocycles. The standard InChI is InChI=1S/C22H25N3O4S/c1-23(19-7-3-2-4-8-19)30(28,29)20-9-5-6-18(16-20)22(27)25-14-12-24(13-15-25)21(26)17-10-11-17/h2-9,16-17H,10-15H2,1H3. The lowest BCUT2D eigenvalue weighted by Crippen LogP contribution is -2.51. The SMILES string of the molecule is CN(c1ccccc1)S(=O)(=O)c1cccc(C(=O)N2CCN(C(=O)C3CC3)CC2)c1. The van der Waals surface area contributed by atoms with E-state index in [1.165, 1.54) is 23.5 Å². The molecule has 4 rings (SSSR count). The van der Waals surface area contributed by atoms with Gasteiger partial charge in [0.25, 0.3) is 15.9 Å². The summed E-state index contributed by atoms with van der Waals surface area (Å²) in [6.07, 6.45) is 1.94. The summed E-state index contributed by atoms with van der Waals surface area (Å²) in [5, 5.41) is 0. The number of hydrogen-bond acceptors (Lipinski definition) is 4. The molecule has 1 aliphatic heterocycles. The van der Waals surface area contributed by atoms with Crippen molar-refractivity contribution < 1.29 is 18.0 Å². The minimum Gasteiger partial charge on any atom is -0.339 e. The third-order valence-corrected chi connectivity index (χ3v) is 7.45. The number of benzene rings is 2. The zero-order valence-corrected chi connectivity index (χ0v) is 17.7. The maximum Gasteiger partial charge on any atom is 0.264 e. The number of anilines is 1. The van der Waals surface area contributed by atoms with E-state index in [4.69, 9.17) is 0 Å². The van der Waals surface area contributed by atoms with Crippen molar-refractivity contribution in [2.24, 2.45) is 5.92 Å². The number of nitrogens with zero attached hydrogens (tertiary/aromatic N) is 3. The third kappa shape index (κ3) is 4.05. The van der Waals surface area contributed by atoms with E-state index in [1.54, 1.807) is 41.3 Å². The molecule has 2 fully saturated rings. The van der Waals surface area contributed by atoms with Crippen LogP contribution >= 0.6 is 0 Å². The molecule has 158 valence electrons. The number of rotatable bonds is 5. The first-order valence-corrected chi connectivity index (χ1v) is 11.5. The summed E-state index contributed by atoms with van der Waals surface area (Å²) in [6.45, 7) is 1.96. The van der Waals surface area contributed by atoms with Gasteiger partial charge in [0, 0.05) is 44.7 Å². The Labute approximate surface area is 176 Å². The van der Waals surface area contributed by atoms with Crippen LogP contribution in [0.15, 0.2) is 59.5 Å². The van der Waals surface area contributed by atoms with Crippen LogP contribution in [0.2, 0.25) is 0 Å². The molecule has 0 unspecified atom stereocenters. The van der Waals surface area contributed by atoms with E-state index in [9.17, 15) is 18.0 Å². The van der Waals surface area contributed by atoms with E-state index in [2.05, 4.69) is 0 Å². The van der Waals surface area contributed by atoms with Crippen molar-refractivity contribution in [1.82, 2.24) is 9.80 Å². The van der Waals surface area contributed by atoms with Gasteiger partial charge in [-0.05, 0) is 43.2 Å². The predicted molar refractivity (Wildman–Crippen MR) is 114 cm³/mol. The zero-order chi connectivity index (χ0) is 21.3. The maximum atomic E-state index is 13.0. The van der Waals surface area contributed by atoms with Gasteiger partial charge in [0.05, 0.1) is 10.6 Å². The number of amides is 2. The molecule has 0 N–H and O–H groups in total. The molecule has 1 saturated heterocycles. The smallest absolute Gasteiger partial charge is 0.264 e. The van der Waals surface area contributed by atoms with Gasteiger partial charge in [-0.1, -0.05) is 24.3 Å². The van der Waals surface area contributed by atoms with Gasteiger partial charge < -0.3 is 9.80 Å². The summed E-state index contributed by atoms with van der Waals surface area (Å²) in [6, 6.07) is 14.9. The van der Waals surface area contributed by atoms with E-state index in [1.807, 2.05) is 11.0 Å². The molecule has 30 heavy (non-hydrogen) atoms. The summed E-state index contributed by atoms with van der Waals surface area (Å²) in [5.74, 6) is 0.155. The van der Waals surface area contributed by atoms with E-state index in [0.717, 1.165) is 12.8 Å². The highest BCUT2D eigenvalue weighted by molar-refractivity contribution is 7.92. The Balaban J connectivity index is 1.48. The summed E-state index contributed by atoms with van der Waals surface area (Å²) in [4.78, 5) is 28.7. The second kappa shape index (κ2) is 8.10. The molecule has 0 spiro atoms. The van der Waals surface area contributed by atoms with Crippen molar-refractivity contribution in [3.63, 3.8) is 0 Å². The Morgan fingerprint density at radius 3 is 2.17 bits per heavy atom. The monoisotopic (exact) mass is 427 g/mol.